The second kappa shape index (κ2) is 5.09. The summed E-state index contributed by atoms with van der Waals surface area (Å²) in [6, 6.07) is 4.20. The Kier molecular flexibility index (Phi) is 3.75. The van der Waals surface area contributed by atoms with Crippen LogP contribution >= 0.6 is 33.9 Å². The molecule has 3 nitrogen and oxygen atoms in total. The fourth-order valence-corrected chi connectivity index (χ4v) is 2.83. The predicted molar refractivity (Wildman–Crippen MR) is 74.0 cm³/mol. The molecule has 2 aromatic rings. The van der Waals surface area contributed by atoms with Crippen molar-refractivity contribution in [2.45, 2.75) is 19.9 Å². The van der Waals surface area contributed by atoms with Crippen molar-refractivity contribution in [3.8, 4) is 0 Å². The highest BCUT2D eigenvalue weighted by molar-refractivity contribution is 14.1. The Labute approximate surface area is 111 Å². The molecule has 0 spiro atoms. The van der Waals surface area contributed by atoms with Crippen molar-refractivity contribution in [1.82, 2.24) is 9.55 Å². The van der Waals surface area contributed by atoms with Crippen molar-refractivity contribution >= 4 is 33.9 Å². The summed E-state index contributed by atoms with van der Waals surface area (Å²) in [5.74, 6) is 0. The number of hydrogen-bond acceptors (Lipinski definition) is 3. The molecule has 0 saturated heterocycles. The van der Waals surface area contributed by atoms with E-state index in [9.17, 15) is 4.79 Å². The summed E-state index contributed by atoms with van der Waals surface area (Å²) in [7, 11) is 0. The highest BCUT2D eigenvalue weighted by Gasteiger charge is 2.03. The quantitative estimate of drug-likeness (QED) is 0.801. The molecule has 0 bridgehead atoms. The molecule has 0 fully saturated rings. The van der Waals surface area contributed by atoms with Gasteiger partial charge in [-0.3, -0.25) is 9.36 Å². The third-order valence-corrected chi connectivity index (χ3v) is 4.21. The van der Waals surface area contributed by atoms with Crippen LogP contribution in [0.15, 0.2) is 29.5 Å². The lowest BCUT2D eigenvalue weighted by molar-refractivity contribution is 0.739. The second-order valence-electron chi connectivity index (χ2n) is 3.40. The van der Waals surface area contributed by atoms with Gasteiger partial charge in [0.05, 0.1) is 16.4 Å². The number of hydrogen-bond donors (Lipinski definition) is 0. The highest BCUT2D eigenvalue weighted by atomic mass is 127. The SMILES string of the molecule is CCc1ccc(Cn2cncc(I)c2=O)s1. The van der Waals surface area contributed by atoms with Gasteiger partial charge in [-0.2, -0.15) is 0 Å². The van der Waals surface area contributed by atoms with E-state index in [0.717, 1.165) is 6.42 Å². The van der Waals surface area contributed by atoms with Crippen LogP contribution in [0.2, 0.25) is 0 Å². The molecule has 2 heterocycles. The summed E-state index contributed by atoms with van der Waals surface area (Å²) in [4.78, 5) is 18.3. The molecule has 0 N–H and O–H groups in total. The van der Waals surface area contributed by atoms with E-state index in [1.54, 1.807) is 28.4 Å². The molecule has 84 valence electrons. The van der Waals surface area contributed by atoms with E-state index in [4.69, 9.17) is 0 Å². The van der Waals surface area contributed by atoms with E-state index in [-0.39, 0.29) is 5.56 Å². The summed E-state index contributed by atoms with van der Waals surface area (Å²) in [6.45, 7) is 2.75. The van der Waals surface area contributed by atoms with Crippen LogP contribution in [0.3, 0.4) is 0 Å². The van der Waals surface area contributed by atoms with Gasteiger partial charge in [0, 0.05) is 16.0 Å². The first-order valence-corrected chi connectivity index (χ1v) is 6.87. The summed E-state index contributed by atoms with van der Waals surface area (Å²) >= 11 is 3.77. The molecule has 0 radical (unpaired) electrons. The van der Waals surface area contributed by atoms with Crippen LogP contribution in [-0.2, 0) is 13.0 Å². The Balaban J connectivity index is 2.27. The summed E-state index contributed by atoms with van der Waals surface area (Å²) in [5.41, 5.74) is 0.0297. The summed E-state index contributed by atoms with van der Waals surface area (Å²) in [6.07, 6.45) is 4.23. The zero-order valence-corrected chi connectivity index (χ0v) is 11.8. The minimum absolute atomic E-state index is 0.0297. The van der Waals surface area contributed by atoms with Gasteiger partial charge in [0.2, 0.25) is 0 Å². The van der Waals surface area contributed by atoms with Gasteiger partial charge in [0.1, 0.15) is 0 Å². The van der Waals surface area contributed by atoms with Crippen molar-refractivity contribution in [2.75, 3.05) is 0 Å². The van der Waals surface area contributed by atoms with Crippen LogP contribution in [-0.4, -0.2) is 9.55 Å². The number of halogens is 1. The van der Waals surface area contributed by atoms with Crippen LogP contribution in [0.1, 0.15) is 16.7 Å². The van der Waals surface area contributed by atoms with Gasteiger partial charge >= 0.3 is 0 Å². The maximum absolute atomic E-state index is 11.8. The molecule has 16 heavy (non-hydrogen) atoms. The van der Waals surface area contributed by atoms with Crippen molar-refractivity contribution in [3.05, 3.63) is 48.3 Å². The van der Waals surface area contributed by atoms with E-state index in [1.807, 2.05) is 22.6 Å². The lowest BCUT2D eigenvalue weighted by Crippen LogP contribution is -2.22. The molecule has 0 amide bonds. The molecule has 2 rings (SSSR count). The second-order valence-corrected chi connectivity index (χ2v) is 5.81. The summed E-state index contributed by atoms with van der Waals surface area (Å²) < 4.78 is 2.31. The first-order chi connectivity index (χ1) is 7.70. The third-order valence-electron chi connectivity index (χ3n) is 2.25. The lowest BCUT2D eigenvalue weighted by atomic mass is 10.3. The molecule has 0 aliphatic rings. The Morgan fingerprint density at radius 3 is 2.88 bits per heavy atom. The number of aromatic nitrogens is 2. The molecule has 0 aromatic carbocycles. The molecule has 2 aromatic heterocycles. The average Bonchev–Trinajstić information content (AvgIpc) is 2.73. The Bertz CT molecular complexity index is 547. The highest BCUT2D eigenvalue weighted by Crippen LogP contribution is 2.17. The molecule has 0 unspecified atom stereocenters. The van der Waals surface area contributed by atoms with E-state index in [1.165, 1.54) is 9.75 Å². The normalized spacial score (nSPS) is 10.6. The van der Waals surface area contributed by atoms with Crippen LogP contribution < -0.4 is 5.56 Å². The summed E-state index contributed by atoms with van der Waals surface area (Å²) in [5, 5.41) is 0. The molecular formula is C11H11IN2OS. The first-order valence-electron chi connectivity index (χ1n) is 4.98. The van der Waals surface area contributed by atoms with Gasteiger partial charge in [-0.05, 0) is 41.1 Å². The molecule has 0 aliphatic carbocycles. The van der Waals surface area contributed by atoms with Crippen LogP contribution in [0.25, 0.3) is 0 Å². The van der Waals surface area contributed by atoms with Gasteiger partial charge in [0.15, 0.2) is 0 Å². The molecule has 0 aliphatic heterocycles. The topological polar surface area (TPSA) is 34.9 Å². The van der Waals surface area contributed by atoms with Gasteiger partial charge in [-0.25, -0.2) is 4.98 Å². The molecule has 0 atom stereocenters. The van der Waals surface area contributed by atoms with Crippen molar-refractivity contribution in [2.24, 2.45) is 0 Å². The van der Waals surface area contributed by atoms with Crippen LogP contribution in [0.5, 0.6) is 0 Å². The molecular weight excluding hydrogens is 335 g/mol. The molecule has 0 saturated carbocycles. The maximum atomic E-state index is 11.8. The van der Waals surface area contributed by atoms with Crippen molar-refractivity contribution < 1.29 is 0 Å². The Morgan fingerprint density at radius 2 is 2.19 bits per heavy atom. The fraction of sp³-hybridized carbons (Fsp3) is 0.273. The van der Waals surface area contributed by atoms with Gasteiger partial charge in [0.25, 0.3) is 5.56 Å². The van der Waals surface area contributed by atoms with Gasteiger partial charge < -0.3 is 0 Å². The van der Waals surface area contributed by atoms with E-state index in [0.29, 0.717) is 10.1 Å². The minimum atomic E-state index is 0.0297. The third kappa shape index (κ3) is 2.52. The zero-order valence-electron chi connectivity index (χ0n) is 8.81. The Morgan fingerprint density at radius 1 is 1.44 bits per heavy atom. The number of aryl methyl sites for hydroxylation is 1. The lowest BCUT2D eigenvalue weighted by Gasteiger charge is -2.02. The number of rotatable bonds is 3. The largest absolute Gasteiger partial charge is 0.293 e. The van der Waals surface area contributed by atoms with Gasteiger partial charge in [-0.1, -0.05) is 6.92 Å². The monoisotopic (exact) mass is 346 g/mol. The maximum Gasteiger partial charge on any atom is 0.267 e. The first kappa shape index (κ1) is 11.8. The standard InChI is InChI=1S/C11H11IN2OS/c1-2-8-3-4-9(16-8)6-14-7-13-5-10(12)11(14)15/h3-5,7H,2,6H2,1H3. The zero-order chi connectivity index (χ0) is 11.5. The van der Waals surface area contributed by atoms with E-state index >= 15 is 0 Å². The smallest absolute Gasteiger partial charge is 0.267 e. The average molecular weight is 346 g/mol. The molecule has 5 heteroatoms. The Hall–Kier alpha value is -0.690. The number of thiophene rings is 1. The minimum Gasteiger partial charge on any atom is -0.293 e. The fourth-order valence-electron chi connectivity index (χ4n) is 1.40. The predicted octanol–water partition coefficient (Wildman–Crippen LogP) is 2.52. The van der Waals surface area contributed by atoms with E-state index < -0.39 is 0 Å². The van der Waals surface area contributed by atoms with Crippen molar-refractivity contribution in [1.29, 1.82) is 0 Å². The van der Waals surface area contributed by atoms with Crippen LogP contribution in [0.4, 0.5) is 0 Å². The number of nitrogens with zero attached hydrogens (tertiary/aromatic N) is 2. The van der Waals surface area contributed by atoms with Gasteiger partial charge in [-0.15, -0.1) is 11.3 Å². The van der Waals surface area contributed by atoms with Crippen molar-refractivity contribution in [3.63, 3.8) is 0 Å². The van der Waals surface area contributed by atoms with Crippen LogP contribution in [0, 0.1) is 3.57 Å². The van der Waals surface area contributed by atoms with E-state index in [2.05, 4.69) is 24.0 Å².